The van der Waals surface area contributed by atoms with Gasteiger partial charge in [-0.2, -0.15) is 52.5 Å². The lowest BCUT2D eigenvalue weighted by atomic mass is 10.1. The number of nitrogens with one attached hydrogen (secondary N) is 3. The number of rotatable bonds is 28. The summed E-state index contributed by atoms with van der Waals surface area (Å²) in [6.45, 7) is 5.90. The van der Waals surface area contributed by atoms with E-state index in [2.05, 4.69) is 61.8 Å². The highest BCUT2D eigenvalue weighted by molar-refractivity contribution is 7.99. The van der Waals surface area contributed by atoms with Crippen LogP contribution < -0.4 is 20.7 Å². The van der Waals surface area contributed by atoms with Crippen LogP contribution in [0, 0.1) is 25.2 Å². The number of carbonyl (C=O) groups is 3. The number of carbonyl (C=O) groups excluding carboxylic acids is 3. The molecule has 0 spiro atoms. The molecule has 0 unspecified atom stereocenters. The van der Waals surface area contributed by atoms with E-state index in [1.807, 2.05) is 6.07 Å². The van der Waals surface area contributed by atoms with E-state index in [0.717, 1.165) is 66.9 Å². The summed E-state index contributed by atoms with van der Waals surface area (Å²) >= 11 is 7.91. The van der Waals surface area contributed by atoms with Crippen molar-refractivity contribution < 1.29 is 89.1 Å². The number of aromatic hydroxyl groups is 1. The van der Waals surface area contributed by atoms with E-state index in [4.69, 9.17) is 16.3 Å². The standard InChI is InChI=1S/C53H53ClN14O20S7/c1-27-9-12-47(94(82,83)84)50-51(27)68-52(59-50)33(26-55)28(2)49(53(68)72)67-64-41-20-35(56-29(3)69)38(23-44(41)88-13-6-16-91(73,74)75)62-65-42-22-37(58-31(5)71)40(25-46(42)90-15-8-18-93(79,80)81)63-66-43-21-36(57-30(4)70)39(24-45(43)89-14-7-17-92(76,77)78)61-60-32-10-11-34(54)48(19-32)95(85,86)87/h9-12,19-25,72H,6-8,13-18H2,1-5H3,(H,56,69)(H,57,70)(H,58,71)(H,73,74,75)(H,76,77,78)(H,79,80,81)(H,82,83,84)(H,85,86,87). The molecule has 34 nitrogen and oxygen atoms in total. The fourth-order valence-electron chi connectivity index (χ4n) is 8.53. The zero-order valence-electron chi connectivity index (χ0n) is 49.8. The molecule has 42 heteroatoms. The number of hydrogen-bond acceptors (Lipinski definition) is 27. The third-order valence-electron chi connectivity index (χ3n) is 12.6. The van der Waals surface area contributed by atoms with E-state index in [9.17, 15) is 89.6 Å². The van der Waals surface area contributed by atoms with Crippen LogP contribution in [0.4, 0.5) is 62.6 Å². The van der Waals surface area contributed by atoms with Gasteiger partial charge in [0.2, 0.25) is 23.6 Å². The molecule has 7 rings (SSSR count). The first-order chi connectivity index (χ1) is 44.3. The number of nitriles is 1. The van der Waals surface area contributed by atoms with Crippen LogP contribution >= 0.6 is 35.1 Å². The van der Waals surface area contributed by atoms with Gasteiger partial charge in [0.1, 0.15) is 66.8 Å². The minimum atomic E-state index is -4.89. The van der Waals surface area contributed by atoms with Gasteiger partial charge in [-0.05, 0) is 105 Å². The van der Waals surface area contributed by atoms with E-state index >= 15 is 0 Å². The summed E-state index contributed by atoms with van der Waals surface area (Å²) in [5.74, 6) is -5.08. The van der Waals surface area contributed by atoms with Crippen LogP contribution in [0.15, 0.2) is 127 Å². The first-order valence-corrected chi connectivity index (χ1v) is 37.0. The van der Waals surface area contributed by atoms with Crippen molar-refractivity contribution in [2.75, 3.05) is 51.3 Å². The van der Waals surface area contributed by atoms with Crippen molar-refractivity contribution in [2.45, 2.75) is 73.5 Å². The van der Waals surface area contributed by atoms with Gasteiger partial charge in [-0.25, -0.2) is 4.98 Å². The first-order valence-electron chi connectivity index (χ1n) is 26.9. The highest BCUT2D eigenvalue weighted by Gasteiger charge is 2.27. The molecule has 0 saturated carbocycles. The molecule has 0 bridgehead atoms. The summed E-state index contributed by atoms with van der Waals surface area (Å²) in [6.07, 6.45) is -0.558. The maximum absolute atomic E-state index is 12.9. The van der Waals surface area contributed by atoms with Gasteiger partial charge in [0.15, 0.2) is 11.3 Å². The minimum Gasteiger partial charge on any atom is -0.493 e. The van der Waals surface area contributed by atoms with Gasteiger partial charge in [-0.3, -0.25) is 41.5 Å². The topological polar surface area (TPSA) is 529 Å². The van der Waals surface area contributed by atoms with Crippen molar-refractivity contribution in [1.82, 2.24) is 9.38 Å². The smallest absolute Gasteiger partial charge is 0.296 e. The van der Waals surface area contributed by atoms with Crippen LogP contribution in [-0.4, -0.2) is 132 Å². The van der Waals surface area contributed by atoms with Crippen LogP contribution in [0.2, 0.25) is 5.02 Å². The number of fused-ring (bicyclic) bond motifs is 3. The molecule has 0 fully saturated rings. The number of azo groups is 4. The Hall–Kier alpha value is -8.51. The number of thioether (sulfide) groups is 2. The lowest BCUT2D eigenvalue weighted by Gasteiger charge is -2.14. The van der Waals surface area contributed by atoms with Crippen molar-refractivity contribution in [3.63, 3.8) is 0 Å². The molecule has 7 aromatic rings. The average Bonchev–Trinajstić information content (AvgIpc) is 1.57. The van der Waals surface area contributed by atoms with Gasteiger partial charge in [0.25, 0.3) is 50.6 Å². The minimum absolute atomic E-state index is 0.00842. The average molecular weight is 1470 g/mol. The largest absolute Gasteiger partial charge is 0.493 e. The molecule has 0 saturated heterocycles. The highest BCUT2D eigenvalue weighted by atomic mass is 35.5. The zero-order chi connectivity index (χ0) is 70.1. The predicted octanol–water partition coefficient (Wildman–Crippen LogP) is 11.8. The fraction of sp³-hybridized carbons (Fsp3) is 0.264. The predicted molar refractivity (Wildman–Crippen MR) is 349 cm³/mol. The second kappa shape index (κ2) is 30.5. The first kappa shape index (κ1) is 73.9. The van der Waals surface area contributed by atoms with Gasteiger partial charge in [-0.15, -0.1) is 59.3 Å². The summed E-state index contributed by atoms with van der Waals surface area (Å²) in [6, 6.07) is 15.3. The Labute approximate surface area is 554 Å². The molecule has 0 aliphatic heterocycles. The molecule has 0 atom stereocenters. The third kappa shape index (κ3) is 20.3. The Morgan fingerprint density at radius 3 is 1.52 bits per heavy atom. The molecule has 3 amide bonds. The zero-order valence-corrected chi connectivity index (χ0v) is 56.2. The Kier molecular flexibility index (Phi) is 23.7. The molecule has 0 aliphatic carbocycles. The lowest BCUT2D eigenvalue weighted by molar-refractivity contribution is -0.115. The third-order valence-corrected chi connectivity index (χ3v) is 19.5. The van der Waals surface area contributed by atoms with Crippen LogP contribution in [0.5, 0.6) is 11.6 Å². The van der Waals surface area contributed by atoms with Crippen LogP contribution in [0.1, 0.15) is 56.7 Å². The van der Waals surface area contributed by atoms with E-state index < -0.39 is 108 Å². The molecule has 5 aromatic carbocycles. The second-order valence-corrected chi connectivity index (χ2v) is 30.2. The van der Waals surface area contributed by atoms with Crippen molar-refractivity contribution in [3.8, 4) is 17.7 Å². The second-order valence-electron chi connectivity index (χ2n) is 20.0. The number of ether oxygens (including phenoxy) is 1. The Morgan fingerprint density at radius 2 is 1.04 bits per heavy atom. The summed E-state index contributed by atoms with van der Waals surface area (Å²) < 4.78 is 174. The number of nitrogens with zero attached hydrogens (tertiary/aromatic N) is 11. The molecular weight excluding hydrogens is 1410 g/mol. The summed E-state index contributed by atoms with van der Waals surface area (Å²) in [5, 5.41) is 64.1. The Balaban J connectivity index is 1.39. The number of benzene rings is 5. The molecular formula is C53H53ClN14O20S7. The lowest BCUT2D eigenvalue weighted by Crippen LogP contribution is -2.09. The molecule has 2 aromatic heterocycles. The quantitative estimate of drug-likeness (QED) is 0.00952. The van der Waals surface area contributed by atoms with Gasteiger partial charge < -0.3 is 25.8 Å². The number of imidazole rings is 1. The number of amides is 3. The van der Waals surface area contributed by atoms with Crippen LogP contribution in [0.25, 0.3) is 16.7 Å². The molecule has 504 valence electrons. The maximum Gasteiger partial charge on any atom is 0.296 e. The van der Waals surface area contributed by atoms with Gasteiger partial charge in [0.05, 0.1) is 57.2 Å². The van der Waals surface area contributed by atoms with Gasteiger partial charge in [0, 0.05) is 42.2 Å². The molecule has 0 radical (unpaired) electrons. The molecule has 2 heterocycles. The summed E-state index contributed by atoms with van der Waals surface area (Å²) in [5.41, 5.74) is -2.03. The summed E-state index contributed by atoms with van der Waals surface area (Å²) in [4.78, 5) is 41.7. The molecule has 0 aliphatic rings. The monoisotopic (exact) mass is 1460 g/mol. The van der Waals surface area contributed by atoms with E-state index in [0.29, 0.717) is 5.56 Å². The van der Waals surface area contributed by atoms with E-state index in [1.54, 1.807) is 6.92 Å². The number of hydrogen-bond donors (Lipinski definition) is 9. The van der Waals surface area contributed by atoms with E-state index in [1.165, 1.54) is 55.5 Å². The van der Waals surface area contributed by atoms with Crippen LogP contribution in [0.3, 0.4) is 0 Å². The number of anilines is 3. The molecule has 95 heavy (non-hydrogen) atoms. The summed E-state index contributed by atoms with van der Waals surface area (Å²) in [7, 11) is -23.1. The maximum atomic E-state index is 12.9. The van der Waals surface area contributed by atoms with Gasteiger partial charge >= 0.3 is 0 Å². The number of aryl methyl sites for hydroxylation is 1. The number of pyridine rings is 1. The SMILES string of the molecule is CC(=O)Nc1cc(N=Nc2cc(SCCCS(=O)(=O)O)c(N=Nc3cc(OCCCS(=O)(=O)O)c(N=Nc4c(C)c(C#N)c5nc6c(S(=O)(=O)O)ccc(C)c6n5c4O)cc3NC(C)=O)cc2NC(C)=O)c(SCCCS(=O)(=O)O)cc1N=Nc1ccc(Cl)c(S(=O)(=O)O)c1. The Morgan fingerprint density at radius 1 is 0.589 bits per heavy atom. The normalized spacial score (nSPS) is 12.6. The van der Waals surface area contributed by atoms with Crippen molar-refractivity contribution >= 4 is 183 Å². The number of aromatic nitrogens is 2. The number of halogens is 1. The van der Waals surface area contributed by atoms with Gasteiger partial charge in [-0.1, -0.05) is 17.7 Å². The van der Waals surface area contributed by atoms with Crippen molar-refractivity contribution in [2.24, 2.45) is 40.9 Å². The van der Waals surface area contributed by atoms with E-state index in [-0.39, 0.29) is 142 Å². The fourth-order valence-corrected chi connectivity index (χ4v) is 13.9. The molecule has 9 N–H and O–H groups in total. The Bertz CT molecular complexity index is 5050. The van der Waals surface area contributed by atoms with Crippen molar-refractivity contribution in [3.05, 3.63) is 88.4 Å². The van der Waals surface area contributed by atoms with Crippen LogP contribution in [-0.2, 0) is 65.0 Å². The highest BCUT2D eigenvalue weighted by Crippen LogP contribution is 2.47. The van der Waals surface area contributed by atoms with Crippen molar-refractivity contribution in [1.29, 1.82) is 5.26 Å².